The number of aryl methyl sites for hydroxylation is 1. The molecule has 0 bridgehead atoms. The first kappa shape index (κ1) is 10.3. The van der Waals surface area contributed by atoms with Crippen molar-refractivity contribution in [2.75, 3.05) is 23.3 Å². The van der Waals surface area contributed by atoms with Crippen LogP contribution in [0.5, 0.6) is 0 Å². The van der Waals surface area contributed by atoms with Crippen LogP contribution in [0, 0.1) is 6.92 Å². The summed E-state index contributed by atoms with van der Waals surface area (Å²) in [7, 11) is 0. The lowest BCUT2D eigenvalue weighted by Crippen LogP contribution is -2.41. The highest BCUT2D eigenvalue weighted by molar-refractivity contribution is 5.99. The summed E-state index contributed by atoms with van der Waals surface area (Å²) < 4.78 is 0. The normalized spacial score (nSPS) is 22.5. The van der Waals surface area contributed by atoms with Gasteiger partial charge in [-0.2, -0.15) is 0 Å². The highest BCUT2D eigenvalue weighted by atomic mass is 16.1. The average molecular weight is 229 g/mol. The van der Waals surface area contributed by atoms with Gasteiger partial charge in [0.1, 0.15) is 0 Å². The highest BCUT2D eigenvalue weighted by Crippen LogP contribution is 2.32. The van der Waals surface area contributed by atoms with Gasteiger partial charge in [-0.15, -0.1) is 0 Å². The molecule has 1 aromatic rings. The Labute approximate surface area is 100 Å². The molecule has 17 heavy (non-hydrogen) atoms. The molecule has 1 amide bonds. The fourth-order valence-electron chi connectivity index (χ4n) is 2.45. The Morgan fingerprint density at radius 2 is 2.35 bits per heavy atom. The van der Waals surface area contributed by atoms with Gasteiger partial charge < -0.3 is 10.2 Å². The van der Waals surface area contributed by atoms with Crippen LogP contribution in [-0.4, -0.2) is 31.3 Å². The van der Waals surface area contributed by atoms with Gasteiger partial charge in [0.25, 0.3) is 0 Å². The van der Waals surface area contributed by atoms with E-state index >= 15 is 0 Å². The molecule has 1 unspecified atom stereocenters. The summed E-state index contributed by atoms with van der Waals surface area (Å²) in [4.78, 5) is 18.3. The molecule has 0 aromatic heterocycles. The van der Waals surface area contributed by atoms with Crippen molar-refractivity contribution in [3.63, 3.8) is 0 Å². The van der Waals surface area contributed by atoms with Gasteiger partial charge in [0.05, 0.1) is 30.4 Å². The quantitative estimate of drug-likeness (QED) is 0.734. The fraction of sp³-hybridized carbons (Fsp3) is 0.385. The van der Waals surface area contributed by atoms with Gasteiger partial charge in [0.2, 0.25) is 5.91 Å². The Morgan fingerprint density at radius 1 is 1.47 bits per heavy atom. The number of aliphatic imine (C=N–C) groups is 1. The van der Waals surface area contributed by atoms with Crippen molar-refractivity contribution < 1.29 is 4.79 Å². The molecule has 1 atom stereocenters. The van der Waals surface area contributed by atoms with E-state index in [1.807, 2.05) is 18.3 Å². The number of carbonyl (C=O) groups excluding carboxylic acids is 1. The number of amides is 1. The van der Waals surface area contributed by atoms with E-state index in [0.29, 0.717) is 6.42 Å². The predicted octanol–water partition coefficient (Wildman–Crippen LogP) is 1.60. The average Bonchev–Trinajstić information content (AvgIpc) is 2.45. The molecule has 2 aliphatic heterocycles. The molecule has 0 spiro atoms. The number of nitrogens with zero attached hydrogens (tertiary/aromatic N) is 2. The molecular weight excluding hydrogens is 214 g/mol. The number of hydrogen-bond acceptors (Lipinski definition) is 3. The summed E-state index contributed by atoms with van der Waals surface area (Å²) in [5, 5.41) is 2.96. The minimum atomic E-state index is 0.0657. The van der Waals surface area contributed by atoms with Crippen LogP contribution in [0.4, 0.5) is 11.4 Å². The van der Waals surface area contributed by atoms with Gasteiger partial charge in [-0.3, -0.25) is 9.79 Å². The van der Waals surface area contributed by atoms with E-state index in [1.54, 1.807) is 0 Å². The SMILES string of the molecule is Cc1ccc2c(c1)N1CCN=CC1CC(=O)N2. The maximum absolute atomic E-state index is 11.8. The van der Waals surface area contributed by atoms with Gasteiger partial charge in [0.15, 0.2) is 0 Å². The number of fused-ring (bicyclic) bond motifs is 3. The third-order valence-electron chi connectivity index (χ3n) is 3.28. The molecule has 1 N–H and O–H groups in total. The summed E-state index contributed by atoms with van der Waals surface area (Å²) in [5.41, 5.74) is 3.24. The van der Waals surface area contributed by atoms with E-state index in [1.165, 1.54) is 5.56 Å². The van der Waals surface area contributed by atoms with Crippen molar-refractivity contribution in [3.8, 4) is 0 Å². The fourth-order valence-corrected chi connectivity index (χ4v) is 2.45. The zero-order valence-corrected chi connectivity index (χ0v) is 9.81. The zero-order chi connectivity index (χ0) is 11.8. The van der Waals surface area contributed by atoms with Gasteiger partial charge >= 0.3 is 0 Å². The second-order valence-electron chi connectivity index (χ2n) is 4.59. The molecule has 2 heterocycles. The number of hydrogen-bond donors (Lipinski definition) is 1. The van der Waals surface area contributed by atoms with Crippen LogP contribution in [0.25, 0.3) is 0 Å². The lowest BCUT2D eigenvalue weighted by Gasteiger charge is -2.32. The first-order valence-electron chi connectivity index (χ1n) is 5.91. The first-order chi connectivity index (χ1) is 8.24. The monoisotopic (exact) mass is 229 g/mol. The molecule has 88 valence electrons. The summed E-state index contributed by atoms with van der Waals surface area (Å²) in [6.07, 6.45) is 2.39. The second kappa shape index (κ2) is 3.87. The lowest BCUT2D eigenvalue weighted by molar-refractivity contribution is -0.116. The van der Waals surface area contributed by atoms with Crippen molar-refractivity contribution in [1.82, 2.24) is 0 Å². The molecule has 4 nitrogen and oxygen atoms in total. The summed E-state index contributed by atoms with van der Waals surface area (Å²) in [6.45, 7) is 3.75. The van der Waals surface area contributed by atoms with E-state index in [-0.39, 0.29) is 11.9 Å². The standard InChI is InChI=1S/C13H15N3O/c1-9-2-3-11-12(6-9)16-5-4-14-8-10(16)7-13(17)15-11/h2-3,6,8,10H,4-5,7H2,1H3,(H,15,17). The Hall–Kier alpha value is -1.84. The van der Waals surface area contributed by atoms with Crippen LogP contribution in [-0.2, 0) is 4.79 Å². The van der Waals surface area contributed by atoms with Crippen molar-refractivity contribution in [1.29, 1.82) is 0 Å². The van der Waals surface area contributed by atoms with Crippen LogP contribution in [0.2, 0.25) is 0 Å². The minimum absolute atomic E-state index is 0.0657. The van der Waals surface area contributed by atoms with E-state index in [2.05, 4.69) is 28.2 Å². The number of nitrogens with one attached hydrogen (secondary N) is 1. The topological polar surface area (TPSA) is 44.7 Å². The van der Waals surface area contributed by atoms with Crippen molar-refractivity contribution in [3.05, 3.63) is 23.8 Å². The van der Waals surface area contributed by atoms with Crippen molar-refractivity contribution in [2.24, 2.45) is 4.99 Å². The van der Waals surface area contributed by atoms with Crippen LogP contribution < -0.4 is 10.2 Å². The second-order valence-corrected chi connectivity index (χ2v) is 4.59. The molecule has 2 aliphatic rings. The van der Waals surface area contributed by atoms with Gasteiger partial charge in [0, 0.05) is 12.8 Å². The summed E-state index contributed by atoms with van der Waals surface area (Å²) in [5.74, 6) is 0.0657. The van der Waals surface area contributed by atoms with Crippen molar-refractivity contribution in [2.45, 2.75) is 19.4 Å². The number of benzene rings is 1. The van der Waals surface area contributed by atoms with Gasteiger partial charge in [-0.05, 0) is 24.6 Å². The van der Waals surface area contributed by atoms with E-state index in [4.69, 9.17) is 0 Å². The van der Waals surface area contributed by atoms with E-state index < -0.39 is 0 Å². The molecule has 0 saturated carbocycles. The van der Waals surface area contributed by atoms with Crippen LogP contribution in [0.1, 0.15) is 12.0 Å². The Balaban J connectivity index is 2.11. The van der Waals surface area contributed by atoms with Crippen LogP contribution in [0.3, 0.4) is 0 Å². The smallest absolute Gasteiger partial charge is 0.226 e. The molecule has 0 fully saturated rings. The third kappa shape index (κ3) is 1.79. The predicted molar refractivity (Wildman–Crippen MR) is 68.9 cm³/mol. The number of rotatable bonds is 0. The Kier molecular flexibility index (Phi) is 2.35. The van der Waals surface area contributed by atoms with Gasteiger partial charge in [-0.1, -0.05) is 6.07 Å². The molecular formula is C13H15N3O. The maximum Gasteiger partial charge on any atom is 0.226 e. The highest BCUT2D eigenvalue weighted by Gasteiger charge is 2.28. The number of carbonyl (C=O) groups is 1. The van der Waals surface area contributed by atoms with E-state index in [9.17, 15) is 4.79 Å². The maximum atomic E-state index is 11.8. The van der Waals surface area contributed by atoms with E-state index in [0.717, 1.165) is 24.5 Å². The summed E-state index contributed by atoms with van der Waals surface area (Å²) in [6, 6.07) is 6.24. The zero-order valence-electron chi connectivity index (χ0n) is 9.81. The molecule has 0 saturated heterocycles. The minimum Gasteiger partial charge on any atom is -0.359 e. The third-order valence-corrected chi connectivity index (χ3v) is 3.28. The van der Waals surface area contributed by atoms with Crippen LogP contribution in [0.15, 0.2) is 23.2 Å². The molecule has 1 aromatic carbocycles. The van der Waals surface area contributed by atoms with Crippen LogP contribution >= 0.6 is 0 Å². The van der Waals surface area contributed by atoms with Gasteiger partial charge in [-0.25, -0.2) is 0 Å². The molecule has 0 aliphatic carbocycles. The largest absolute Gasteiger partial charge is 0.359 e. The Bertz CT molecular complexity index is 495. The molecule has 0 radical (unpaired) electrons. The Morgan fingerprint density at radius 3 is 3.24 bits per heavy atom. The molecule has 4 heteroatoms. The number of anilines is 2. The van der Waals surface area contributed by atoms with Crippen molar-refractivity contribution >= 4 is 23.5 Å². The molecule has 3 rings (SSSR count). The first-order valence-corrected chi connectivity index (χ1v) is 5.91. The summed E-state index contributed by atoms with van der Waals surface area (Å²) >= 11 is 0. The lowest BCUT2D eigenvalue weighted by atomic mass is 10.1.